The molecule has 0 N–H and O–H groups in total. The molecule has 2 aliphatic heterocycles. The van der Waals surface area contributed by atoms with E-state index in [1.807, 2.05) is 0 Å². The van der Waals surface area contributed by atoms with Gasteiger partial charge >= 0.3 is 0 Å². The maximum atomic E-state index is 2.66. The van der Waals surface area contributed by atoms with Crippen molar-refractivity contribution in [2.75, 3.05) is 9.80 Å². The molecule has 0 spiro atoms. The summed E-state index contributed by atoms with van der Waals surface area (Å²) >= 11 is 0. The van der Waals surface area contributed by atoms with Crippen LogP contribution < -0.4 is 26.3 Å². The van der Waals surface area contributed by atoms with Crippen molar-refractivity contribution in [2.45, 2.75) is 39.5 Å². The Labute approximate surface area is 391 Å². The molecule has 2 aliphatic rings. The molecular formula is C63H48BN3. The van der Waals surface area contributed by atoms with Crippen molar-refractivity contribution >= 4 is 133 Å². The van der Waals surface area contributed by atoms with Gasteiger partial charge in [-0.05, 0) is 142 Å². The summed E-state index contributed by atoms with van der Waals surface area (Å²) in [5, 5.41) is 16.7. The Hall–Kier alpha value is -7.82. The SMILES string of the molecule is CC(C)c1ccc2c(c1)B1c3c(cccc3N(c3cccc4c5ccccc5c5ccccc5c34)c3c1n(C)c1ccc(C(C)C)cc31)N2c1ccc2c3ccccc3c3ccccc3c2c1. The number of fused-ring (bicyclic) bond motifs is 18. The van der Waals surface area contributed by atoms with Gasteiger partial charge in [-0.3, -0.25) is 0 Å². The fraction of sp³-hybridized carbons (Fsp3) is 0.111. The number of rotatable bonds is 4. The van der Waals surface area contributed by atoms with Crippen LogP contribution in [0.1, 0.15) is 50.7 Å². The van der Waals surface area contributed by atoms with Gasteiger partial charge in [0.05, 0.1) is 11.4 Å². The van der Waals surface area contributed by atoms with Crippen molar-refractivity contribution in [3.63, 3.8) is 0 Å². The normalized spacial score (nSPS) is 13.3. The van der Waals surface area contributed by atoms with Gasteiger partial charge in [0.1, 0.15) is 0 Å². The number of hydrogen-bond donors (Lipinski definition) is 0. The Morgan fingerprint density at radius 1 is 0.373 bits per heavy atom. The van der Waals surface area contributed by atoms with Gasteiger partial charge in [-0.25, -0.2) is 0 Å². The third-order valence-electron chi connectivity index (χ3n) is 15.5. The molecule has 1 aromatic heterocycles. The summed E-state index contributed by atoms with van der Waals surface area (Å²) in [6.07, 6.45) is 0. The molecule has 4 heteroatoms. The Morgan fingerprint density at radius 3 is 1.46 bits per heavy atom. The average Bonchev–Trinajstić information content (AvgIpc) is 3.66. The fourth-order valence-corrected chi connectivity index (χ4v) is 12.4. The van der Waals surface area contributed by atoms with Gasteiger partial charge in [-0.2, -0.15) is 0 Å². The van der Waals surface area contributed by atoms with E-state index in [2.05, 4.69) is 237 Å². The standard InChI is InChI=1S/C63H48BN3/c1-37(2)39-28-32-55-53(34-39)62-63(65(55)5)64-54-35-40(38(3)4)29-33-56(54)66(41-30-31-49-44-18-7-6-16-42(44)43-17-9-11-22-48(43)52(49)36-41)58-26-15-27-59(61(58)64)67(62)57-25-14-24-51-47-20-10-8-19-45(47)46-21-12-13-23-50(46)60(51)57/h6-38H,1-5H3. The summed E-state index contributed by atoms with van der Waals surface area (Å²) in [4.78, 5) is 5.24. The molecule has 0 unspecified atom stereocenters. The molecule has 0 aliphatic carbocycles. The lowest BCUT2D eigenvalue weighted by atomic mass is 9.34. The minimum atomic E-state index is -0.0138. The minimum Gasteiger partial charge on any atom is -0.353 e. The molecule has 0 saturated heterocycles. The first-order valence-corrected chi connectivity index (χ1v) is 24.0. The van der Waals surface area contributed by atoms with Crippen LogP contribution in [0.5, 0.6) is 0 Å². The van der Waals surface area contributed by atoms with E-state index in [4.69, 9.17) is 0 Å². The second-order valence-electron chi connectivity index (χ2n) is 19.6. The van der Waals surface area contributed by atoms with Crippen LogP contribution in [0.3, 0.4) is 0 Å². The lowest BCUT2D eigenvalue weighted by Crippen LogP contribution is -2.62. The second-order valence-corrected chi connectivity index (χ2v) is 19.6. The zero-order valence-corrected chi connectivity index (χ0v) is 38.5. The van der Waals surface area contributed by atoms with Gasteiger partial charge in [0, 0.05) is 51.7 Å². The fourth-order valence-electron chi connectivity index (χ4n) is 12.4. The maximum absolute atomic E-state index is 2.66. The first-order chi connectivity index (χ1) is 32.9. The number of benzene rings is 11. The van der Waals surface area contributed by atoms with Crippen molar-refractivity contribution in [1.29, 1.82) is 0 Å². The predicted molar refractivity (Wildman–Crippen MR) is 290 cm³/mol. The molecule has 0 fully saturated rings. The van der Waals surface area contributed by atoms with Crippen molar-refractivity contribution in [1.82, 2.24) is 4.57 Å². The van der Waals surface area contributed by atoms with E-state index in [0.29, 0.717) is 11.8 Å². The summed E-state index contributed by atoms with van der Waals surface area (Å²) in [7, 11) is 2.31. The summed E-state index contributed by atoms with van der Waals surface area (Å²) in [6.45, 7) is 9.27. The van der Waals surface area contributed by atoms with Crippen molar-refractivity contribution in [3.8, 4) is 0 Å². The number of hydrogen-bond acceptors (Lipinski definition) is 2. The largest absolute Gasteiger partial charge is 0.353 e. The molecule has 318 valence electrons. The molecule has 14 rings (SSSR count). The molecule has 0 saturated carbocycles. The quantitative estimate of drug-likeness (QED) is 0.129. The highest BCUT2D eigenvalue weighted by molar-refractivity contribution is 7.00. The zero-order chi connectivity index (χ0) is 44.8. The molecule has 0 amide bonds. The van der Waals surface area contributed by atoms with Crippen LogP contribution in [0.25, 0.3) is 75.5 Å². The molecule has 0 bridgehead atoms. The van der Waals surface area contributed by atoms with Gasteiger partial charge in [-0.1, -0.05) is 167 Å². The highest BCUT2D eigenvalue weighted by atomic mass is 15.2. The van der Waals surface area contributed by atoms with E-state index in [0.717, 1.165) is 5.69 Å². The number of aryl methyl sites for hydroxylation is 1. The highest BCUT2D eigenvalue weighted by Gasteiger charge is 2.46. The van der Waals surface area contributed by atoms with Crippen LogP contribution in [0.4, 0.5) is 34.1 Å². The topological polar surface area (TPSA) is 11.4 Å². The van der Waals surface area contributed by atoms with Gasteiger partial charge in [-0.15, -0.1) is 0 Å². The smallest absolute Gasteiger partial charge is 0.272 e. The van der Waals surface area contributed by atoms with Gasteiger partial charge in [0.15, 0.2) is 0 Å². The molecule has 0 radical (unpaired) electrons. The Kier molecular flexibility index (Phi) is 8.09. The van der Waals surface area contributed by atoms with E-state index in [9.17, 15) is 0 Å². The summed E-state index contributed by atoms with van der Waals surface area (Å²) in [5.74, 6) is 0.758. The molecule has 3 heterocycles. The van der Waals surface area contributed by atoms with E-state index in [1.165, 1.54) is 132 Å². The summed E-state index contributed by atoms with van der Waals surface area (Å²) < 4.78 is 2.53. The van der Waals surface area contributed by atoms with E-state index in [1.54, 1.807) is 0 Å². The van der Waals surface area contributed by atoms with Gasteiger partial charge in [0.25, 0.3) is 6.71 Å². The van der Waals surface area contributed by atoms with Crippen molar-refractivity contribution in [2.24, 2.45) is 7.05 Å². The minimum absolute atomic E-state index is 0.0138. The van der Waals surface area contributed by atoms with Crippen LogP contribution in [0.15, 0.2) is 188 Å². The second kappa shape index (κ2) is 14.1. The lowest BCUT2D eigenvalue weighted by molar-refractivity contribution is 0.867. The Morgan fingerprint density at radius 2 is 0.851 bits per heavy atom. The van der Waals surface area contributed by atoms with Crippen molar-refractivity contribution in [3.05, 3.63) is 199 Å². The molecule has 67 heavy (non-hydrogen) atoms. The predicted octanol–water partition coefficient (Wildman–Crippen LogP) is 15.4. The number of anilines is 6. The molecule has 12 aromatic rings. The van der Waals surface area contributed by atoms with E-state index in [-0.39, 0.29) is 6.71 Å². The molecule has 0 atom stereocenters. The average molecular weight is 858 g/mol. The summed E-state index contributed by atoms with van der Waals surface area (Å²) in [6, 6.07) is 71.6. The van der Waals surface area contributed by atoms with Crippen LogP contribution in [0, 0.1) is 0 Å². The monoisotopic (exact) mass is 857 g/mol. The third kappa shape index (κ3) is 5.24. The Bertz CT molecular complexity index is 4020. The van der Waals surface area contributed by atoms with E-state index >= 15 is 0 Å². The highest BCUT2D eigenvalue weighted by Crippen LogP contribution is 2.51. The van der Waals surface area contributed by atoms with Crippen LogP contribution in [0.2, 0.25) is 0 Å². The van der Waals surface area contributed by atoms with Crippen LogP contribution in [-0.4, -0.2) is 11.3 Å². The number of nitrogens with zero attached hydrogens (tertiary/aromatic N) is 3. The molecular weight excluding hydrogens is 810 g/mol. The van der Waals surface area contributed by atoms with Crippen LogP contribution in [-0.2, 0) is 7.05 Å². The number of aromatic nitrogens is 1. The lowest BCUT2D eigenvalue weighted by Gasteiger charge is -2.44. The third-order valence-corrected chi connectivity index (χ3v) is 15.5. The summed E-state index contributed by atoms with van der Waals surface area (Å²) in [5.41, 5.74) is 15.3. The zero-order valence-electron chi connectivity index (χ0n) is 38.5. The van der Waals surface area contributed by atoms with Crippen LogP contribution >= 0.6 is 0 Å². The molecule has 11 aromatic carbocycles. The molecule has 3 nitrogen and oxygen atoms in total. The first kappa shape index (κ1) is 38.5. The van der Waals surface area contributed by atoms with E-state index < -0.39 is 0 Å². The maximum Gasteiger partial charge on any atom is 0.272 e. The first-order valence-electron chi connectivity index (χ1n) is 24.0. The van der Waals surface area contributed by atoms with Gasteiger partial charge in [0.2, 0.25) is 0 Å². The Balaban J connectivity index is 1.12. The van der Waals surface area contributed by atoms with Gasteiger partial charge < -0.3 is 14.4 Å². The van der Waals surface area contributed by atoms with Crippen molar-refractivity contribution < 1.29 is 0 Å².